The molecular formula is C8H4Cl3NO. The molecule has 0 aliphatic rings. The Kier molecular flexibility index (Phi) is 3.76. The van der Waals surface area contributed by atoms with Crippen molar-refractivity contribution in [3.05, 3.63) is 28.8 Å². The number of alkyl halides is 2. The third kappa shape index (κ3) is 2.71. The van der Waals surface area contributed by atoms with Crippen molar-refractivity contribution in [3.8, 4) is 0 Å². The van der Waals surface area contributed by atoms with Crippen LogP contribution in [0.25, 0.3) is 0 Å². The summed E-state index contributed by atoms with van der Waals surface area (Å²) in [6, 6.07) is 4.71. The van der Waals surface area contributed by atoms with Crippen LogP contribution in [0.5, 0.6) is 0 Å². The molecule has 0 aromatic heterocycles. The molecule has 1 aromatic carbocycles. The number of halogens is 3. The number of rotatable bonds is 2. The van der Waals surface area contributed by atoms with Gasteiger partial charge in [0, 0.05) is 10.6 Å². The second-order valence-electron chi connectivity index (χ2n) is 2.21. The fraction of sp³-hybridized carbons (Fsp3) is 0.125. The van der Waals surface area contributed by atoms with Gasteiger partial charge in [0.05, 0.1) is 5.69 Å². The minimum absolute atomic E-state index is 0.384. The van der Waals surface area contributed by atoms with E-state index in [0.717, 1.165) is 0 Å². The predicted molar refractivity (Wildman–Crippen MR) is 53.7 cm³/mol. The predicted octanol–water partition coefficient (Wildman–Crippen LogP) is 3.78. The number of nitrogens with zero attached hydrogens (tertiary/aromatic N) is 1. The summed E-state index contributed by atoms with van der Waals surface area (Å²) >= 11 is 17.0. The van der Waals surface area contributed by atoms with E-state index in [1.165, 1.54) is 6.08 Å². The summed E-state index contributed by atoms with van der Waals surface area (Å²) in [5, 5.41) is 0.492. The SMILES string of the molecule is O=C=Nc1ccc(Cl)cc1C(Cl)Cl. The Hall–Kier alpha value is -0.530. The van der Waals surface area contributed by atoms with Crippen molar-refractivity contribution in [2.45, 2.75) is 4.84 Å². The first-order chi connectivity index (χ1) is 6.15. The van der Waals surface area contributed by atoms with Crippen molar-refractivity contribution in [3.63, 3.8) is 0 Å². The molecule has 2 nitrogen and oxygen atoms in total. The molecule has 0 saturated heterocycles. The molecule has 0 amide bonds. The summed E-state index contributed by atoms with van der Waals surface area (Å²) in [4.78, 5) is 12.7. The monoisotopic (exact) mass is 235 g/mol. The van der Waals surface area contributed by atoms with Crippen LogP contribution in [-0.4, -0.2) is 6.08 Å². The molecule has 0 spiro atoms. The van der Waals surface area contributed by atoms with Crippen molar-refractivity contribution in [2.24, 2.45) is 4.99 Å². The zero-order chi connectivity index (χ0) is 9.84. The van der Waals surface area contributed by atoms with Gasteiger partial charge >= 0.3 is 0 Å². The van der Waals surface area contributed by atoms with Crippen LogP contribution in [0.2, 0.25) is 5.02 Å². The smallest absolute Gasteiger partial charge is 0.211 e. The molecule has 0 unspecified atom stereocenters. The van der Waals surface area contributed by atoms with Crippen LogP contribution in [-0.2, 0) is 4.79 Å². The summed E-state index contributed by atoms with van der Waals surface area (Å²) < 4.78 is 0. The molecule has 0 aliphatic heterocycles. The van der Waals surface area contributed by atoms with Gasteiger partial charge in [0.2, 0.25) is 6.08 Å². The fourth-order valence-corrected chi connectivity index (χ4v) is 1.38. The van der Waals surface area contributed by atoms with Gasteiger partial charge in [-0.2, -0.15) is 4.99 Å². The second-order valence-corrected chi connectivity index (χ2v) is 3.74. The lowest BCUT2D eigenvalue weighted by atomic mass is 10.2. The molecule has 0 fully saturated rings. The normalized spacial score (nSPS) is 9.85. The molecule has 1 aromatic rings. The largest absolute Gasteiger partial charge is 0.240 e. The Morgan fingerprint density at radius 1 is 1.38 bits per heavy atom. The summed E-state index contributed by atoms with van der Waals surface area (Å²) in [6.07, 6.45) is 1.41. The average molecular weight is 236 g/mol. The maximum Gasteiger partial charge on any atom is 0.240 e. The van der Waals surface area contributed by atoms with Crippen molar-refractivity contribution in [1.82, 2.24) is 0 Å². The molecule has 0 radical (unpaired) electrons. The Morgan fingerprint density at radius 2 is 2.08 bits per heavy atom. The molecule has 68 valence electrons. The van der Waals surface area contributed by atoms with Gasteiger partial charge in [-0.05, 0) is 18.2 Å². The highest BCUT2D eigenvalue weighted by Crippen LogP contribution is 2.34. The van der Waals surface area contributed by atoms with Gasteiger partial charge in [0.25, 0.3) is 0 Å². The first-order valence-electron chi connectivity index (χ1n) is 3.30. The van der Waals surface area contributed by atoms with E-state index in [4.69, 9.17) is 34.8 Å². The van der Waals surface area contributed by atoms with E-state index in [1.54, 1.807) is 18.2 Å². The Morgan fingerprint density at radius 3 is 2.62 bits per heavy atom. The number of aliphatic imine (C=N–C) groups is 1. The lowest BCUT2D eigenvalue weighted by molar-refractivity contribution is 0.565. The molecule has 0 atom stereocenters. The maximum absolute atomic E-state index is 10.0. The number of isocyanates is 1. The zero-order valence-corrected chi connectivity index (χ0v) is 8.57. The summed E-state index contributed by atoms with van der Waals surface area (Å²) in [5.74, 6) is 0. The van der Waals surface area contributed by atoms with E-state index < -0.39 is 4.84 Å². The van der Waals surface area contributed by atoms with Gasteiger partial charge < -0.3 is 0 Å². The van der Waals surface area contributed by atoms with Gasteiger partial charge in [-0.15, -0.1) is 0 Å². The standard InChI is InChI=1S/C8H4Cl3NO/c9-5-1-2-7(12-4-13)6(3-5)8(10)11/h1-3,8H. The summed E-state index contributed by atoms with van der Waals surface area (Å²) in [6.45, 7) is 0. The first kappa shape index (κ1) is 10.6. The van der Waals surface area contributed by atoms with Gasteiger partial charge in [0.15, 0.2) is 0 Å². The van der Waals surface area contributed by atoms with Crippen molar-refractivity contribution in [2.75, 3.05) is 0 Å². The lowest BCUT2D eigenvalue weighted by Crippen LogP contribution is -1.82. The van der Waals surface area contributed by atoms with E-state index in [0.29, 0.717) is 16.3 Å². The number of benzene rings is 1. The number of hydrogen-bond donors (Lipinski definition) is 0. The molecule has 5 heteroatoms. The molecule has 13 heavy (non-hydrogen) atoms. The third-order valence-electron chi connectivity index (χ3n) is 1.39. The highest BCUT2D eigenvalue weighted by molar-refractivity contribution is 6.44. The van der Waals surface area contributed by atoms with Crippen LogP contribution in [0, 0.1) is 0 Å². The van der Waals surface area contributed by atoms with Gasteiger partial charge in [0.1, 0.15) is 4.84 Å². The lowest BCUT2D eigenvalue weighted by Gasteiger charge is -2.04. The first-order valence-corrected chi connectivity index (χ1v) is 4.55. The topological polar surface area (TPSA) is 29.4 Å². The third-order valence-corrected chi connectivity index (χ3v) is 2.10. The van der Waals surface area contributed by atoms with Crippen LogP contribution in [0.15, 0.2) is 23.2 Å². The van der Waals surface area contributed by atoms with E-state index in [9.17, 15) is 4.79 Å². The van der Waals surface area contributed by atoms with Crippen LogP contribution in [0.3, 0.4) is 0 Å². The molecule has 1 rings (SSSR count). The Bertz CT molecular complexity index is 358. The average Bonchev–Trinajstić information content (AvgIpc) is 2.08. The molecule has 0 heterocycles. The summed E-state index contributed by atoms with van der Waals surface area (Å²) in [7, 11) is 0. The maximum atomic E-state index is 10.0. The minimum atomic E-state index is -0.759. The van der Waals surface area contributed by atoms with Gasteiger partial charge in [-0.1, -0.05) is 34.8 Å². The molecule has 0 saturated carbocycles. The second kappa shape index (κ2) is 4.64. The quantitative estimate of drug-likeness (QED) is 0.436. The van der Waals surface area contributed by atoms with Crippen molar-refractivity contribution in [1.29, 1.82) is 0 Å². The van der Waals surface area contributed by atoms with E-state index in [1.807, 2.05) is 0 Å². The molecule has 0 N–H and O–H groups in total. The van der Waals surface area contributed by atoms with E-state index >= 15 is 0 Å². The number of carbonyl (C=O) groups excluding carboxylic acids is 1. The van der Waals surface area contributed by atoms with Crippen molar-refractivity contribution >= 4 is 46.6 Å². The minimum Gasteiger partial charge on any atom is -0.211 e. The zero-order valence-electron chi connectivity index (χ0n) is 6.30. The van der Waals surface area contributed by atoms with Gasteiger partial charge in [-0.25, -0.2) is 4.79 Å². The number of hydrogen-bond acceptors (Lipinski definition) is 2. The van der Waals surface area contributed by atoms with E-state index in [2.05, 4.69) is 4.99 Å². The van der Waals surface area contributed by atoms with Crippen LogP contribution in [0.4, 0.5) is 5.69 Å². The van der Waals surface area contributed by atoms with Gasteiger partial charge in [-0.3, -0.25) is 0 Å². The highest BCUT2D eigenvalue weighted by Gasteiger charge is 2.09. The van der Waals surface area contributed by atoms with Crippen molar-refractivity contribution < 1.29 is 4.79 Å². The molecule has 0 bridgehead atoms. The Labute approximate surface area is 90.1 Å². The molecular weight excluding hydrogens is 232 g/mol. The summed E-state index contributed by atoms with van der Waals surface area (Å²) in [5.41, 5.74) is 0.883. The Balaban J connectivity index is 3.26. The fourth-order valence-electron chi connectivity index (χ4n) is 0.851. The van der Waals surface area contributed by atoms with E-state index in [-0.39, 0.29) is 0 Å². The molecule has 0 aliphatic carbocycles. The van der Waals surface area contributed by atoms with Crippen LogP contribution < -0.4 is 0 Å². The van der Waals surface area contributed by atoms with Crippen LogP contribution >= 0.6 is 34.8 Å². The van der Waals surface area contributed by atoms with Crippen LogP contribution in [0.1, 0.15) is 10.4 Å². The highest BCUT2D eigenvalue weighted by atomic mass is 35.5.